The number of anilines is 3. The second-order valence-corrected chi connectivity index (χ2v) is 5.82. The van der Waals surface area contributed by atoms with Crippen molar-refractivity contribution in [2.75, 3.05) is 23.1 Å². The van der Waals surface area contributed by atoms with Gasteiger partial charge in [0.05, 0.1) is 24.7 Å². The van der Waals surface area contributed by atoms with Gasteiger partial charge in [0.15, 0.2) is 0 Å². The highest BCUT2D eigenvalue weighted by atomic mass is 16.5. The number of carbonyl (C=O) groups excluding carboxylic acids is 1. The van der Waals surface area contributed by atoms with Crippen molar-refractivity contribution in [3.05, 3.63) is 66.0 Å². The number of aromatic nitrogens is 2. The molecule has 26 heavy (non-hydrogen) atoms. The van der Waals surface area contributed by atoms with Crippen LogP contribution in [0.1, 0.15) is 11.1 Å². The molecule has 2 amide bonds. The van der Waals surface area contributed by atoms with Gasteiger partial charge in [-0.3, -0.25) is 5.10 Å². The van der Waals surface area contributed by atoms with E-state index in [0.29, 0.717) is 23.7 Å². The number of nitrogens with zero attached hydrogens (tertiary/aromatic N) is 1. The van der Waals surface area contributed by atoms with Gasteiger partial charge in [-0.15, -0.1) is 0 Å². The number of amides is 2. The van der Waals surface area contributed by atoms with Crippen LogP contribution in [0.15, 0.2) is 54.9 Å². The first-order valence-corrected chi connectivity index (χ1v) is 8.18. The number of aromatic amines is 1. The number of aryl methyl sites for hydroxylation is 1. The predicted octanol–water partition coefficient (Wildman–Crippen LogP) is 3.98. The number of hydrogen-bond donors (Lipinski definition) is 4. The Labute approximate surface area is 151 Å². The summed E-state index contributed by atoms with van der Waals surface area (Å²) in [5.41, 5.74) is 4.32. The molecule has 7 heteroatoms. The van der Waals surface area contributed by atoms with E-state index in [1.165, 1.54) is 0 Å². The van der Waals surface area contributed by atoms with Gasteiger partial charge in [0.2, 0.25) is 0 Å². The molecule has 1 heterocycles. The summed E-state index contributed by atoms with van der Waals surface area (Å²) in [6.07, 6.45) is 3.50. The molecule has 0 fully saturated rings. The zero-order valence-electron chi connectivity index (χ0n) is 14.7. The van der Waals surface area contributed by atoms with Gasteiger partial charge >= 0.3 is 6.03 Å². The molecule has 0 radical (unpaired) electrons. The second-order valence-electron chi connectivity index (χ2n) is 5.82. The highest BCUT2D eigenvalue weighted by Crippen LogP contribution is 2.25. The lowest BCUT2D eigenvalue weighted by Crippen LogP contribution is -2.20. The lowest BCUT2D eigenvalue weighted by molar-refractivity contribution is 0.262. The Balaban J connectivity index is 1.62. The van der Waals surface area contributed by atoms with Crippen LogP contribution in [0, 0.1) is 6.92 Å². The average Bonchev–Trinajstić information content (AvgIpc) is 3.14. The number of hydrogen-bond acceptors (Lipinski definition) is 4. The van der Waals surface area contributed by atoms with Crippen molar-refractivity contribution in [1.29, 1.82) is 0 Å². The van der Waals surface area contributed by atoms with Crippen molar-refractivity contribution >= 4 is 23.1 Å². The van der Waals surface area contributed by atoms with Gasteiger partial charge in [0.25, 0.3) is 0 Å². The highest BCUT2D eigenvalue weighted by Gasteiger charge is 2.08. The minimum Gasteiger partial charge on any atom is -0.495 e. The molecule has 0 aliphatic carbocycles. The van der Waals surface area contributed by atoms with Gasteiger partial charge in [-0.05, 0) is 42.3 Å². The molecule has 0 spiro atoms. The molecule has 0 aliphatic rings. The molecular weight excluding hydrogens is 330 g/mol. The molecule has 0 bridgehead atoms. The van der Waals surface area contributed by atoms with Crippen LogP contribution in [0.25, 0.3) is 0 Å². The molecule has 0 atom stereocenters. The Morgan fingerprint density at radius 2 is 2.04 bits per heavy atom. The second kappa shape index (κ2) is 8.06. The number of benzene rings is 2. The van der Waals surface area contributed by atoms with Crippen molar-refractivity contribution in [3.63, 3.8) is 0 Å². The first-order chi connectivity index (χ1) is 12.6. The number of H-pyrrole nitrogens is 1. The van der Waals surface area contributed by atoms with Crippen LogP contribution in [-0.2, 0) is 6.54 Å². The van der Waals surface area contributed by atoms with Crippen molar-refractivity contribution in [1.82, 2.24) is 10.2 Å². The zero-order valence-corrected chi connectivity index (χ0v) is 14.7. The Kier molecular flexibility index (Phi) is 5.38. The third kappa shape index (κ3) is 4.54. The Hall–Kier alpha value is -3.48. The van der Waals surface area contributed by atoms with Crippen LogP contribution in [0.2, 0.25) is 0 Å². The molecule has 0 saturated heterocycles. The molecule has 2 aromatic carbocycles. The van der Waals surface area contributed by atoms with E-state index in [-0.39, 0.29) is 6.03 Å². The van der Waals surface area contributed by atoms with Crippen LogP contribution in [0.5, 0.6) is 5.75 Å². The summed E-state index contributed by atoms with van der Waals surface area (Å²) in [6, 6.07) is 12.9. The normalized spacial score (nSPS) is 10.2. The Morgan fingerprint density at radius 1 is 1.15 bits per heavy atom. The largest absolute Gasteiger partial charge is 0.495 e. The molecule has 0 saturated carbocycles. The minimum absolute atomic E-state index is 0.325. The van der Waals surface area contributed by atoms with Crippen LogP contribution in [0.3, 0.4) is 0 Å². The number of methoxy groups -OCH3 is 1. The van der Waals surface area contributed by atoms with Crippen LogP contribution >= 0.6 is 0 Å². The smallest absolute Gasteiger partial charge is 0.323 e. The molecule has 7 nitrogen and oxygen atoms in total. The third-order valence-electron chi connectivity index (χ3n) is 3.78. The van der Waals surface area contributed by atoms with E-state index < -0.39 is 0 Å². The highest BCUT2D eigenvalue weighted by molar-refractivity contribution is 6.00. The lowest BCUT2D eigenvalue weighted by Gasteiger charge is -2.12. The SMILES string of the molecule is COc1ccc(C)cc1NC(=O)Nc1cccc(CNc2cn[nH]c2)c1. The lowest BCUT2D eigenvalue weighted by atomic mass is 10.2. The van der Waals surface area contributed by atoms with Crippen LogP contribution in [0.4, 0.5) is 21.9 Å². The minimum atomic E-state index is -0.325. The first-order valence-electron chi connectivity index (χ1n) is 8.18. The molecule has 3 rings (SSSR count). The molecular formula is C19H21N5O2. The number of ether oxygens (including phenoxy) is 1. The van der Waals surface area contributed by atoms with E-state index in [9.17, 15) is 4.79 Å². The van der Waals surface area contributed by atoms with Gasteiger partial charge in [-0.2, -0.15) is 5.10 Å². The van der Waals surface area contributed by atoms with Gasteiger partial charge < -0.3 is 20.7 Å². The summed E-state index contributed by atoms with van der Waals surface area (Å²) in [4.78, 5) is 12.3. The summed E-state index contributed by atoms with van der Waals surface area (Å²) in [6.45, 7) is 2.58. The van der Waals surface area contributed by atoms with Crippen molar-refractivity contribution in [2.45, 2.75) is 13.5 Å². The fourth-order valence-corrected chi connectivity index (χ4v) is 2.51. The molecule has 134 valence electrons. The van der Waals surface area contributed by atoms with Gasteiger partial charge in [0.1, 0.15) is 5.75 Å². The topological polar surface area (TPSA) is 91.1 Å². The first kappa shape index (κ1) is 17.3. The number of carbonyl (C=O) groups is 1. The van der Waals surface area contributed by atoms with E-state index in [1.807, 2.05) is 49.4 Å². The fraction of sp³-hybridized carbons (Fsp3) is 0.158. The van der Waals surface area contributed by atoms with E-state index in [0.717, 1.165) is 16.8 Å². The predicted molar refractivity (Wildman–Crippen MR) is 103 cm³/mol. The van der Waals surface area contributed by atoms with Crippen molar-refractivity contribution in [3.8, 4) is 5.75 Å². The molecule has 3 aromatic rings. The van der Waals surface area contributed by atoms with E-state index >= 15 is 0 Å². The summed E-state index contributed by atoms with van der Waals surface area (Å²) in [5.74, 6) is 0.615. The zero-order chi connectivity index (χ0) is 18.4. The van der Waals surface area contributed by atoms with Crippen LogP contribution < -0.4 is 20.7 Å². The fourth-order valence-electron chi connectivity index (χ4n) is 2.51. The number of urea groups is 1. The standard InChI is InChI=1S/C19H21N5O2/c1-13-6-7-18(26-2)17(8-13)24-19(25)23-15-5-3-4-14(9-15)10-20-16-11-21-22-12-16/h3-9,11-12,20H,10H2,1-2H3,(H,21,22)(H2,23,24,25). The number of nitrogens with one attached hydrogen (secondary N) is 4. The third-order valence-corrected chi connectivity index (χ3v) is 3.78. The summed E-state index contributed by atoms with van der Waals surface area (Å²) in [5, 5.41) is 15.5. The Bertz CT molecular complexity index is 877. The van der Waals surface area contributed by atoms with Gasteiger partial charge in [-0.1, -0.05) is 18.2 Å². The summed E-state index contributed by atoms with van der Waals surface area (Å²) < 4.78 is 5.28. The average molecular weight is 351 g/mol. The Morgan fingerprint density at radius 3 is 2.81 bits per heavy atom. The van der Waals surface area contributed by atoms with Crippen molar-refractivity contribution < 1.29 is 9.53 Å². The quantitative estimate of drug-likeness (QED) is 0.540. The monoisotopic (exact) mass is 351 g/mol. The molecule has 1 aromatic heterocycles. The maximum atomic E-state index is 12.3. The molecule has 0 aliphatic heterocycles. The van der Waals surface area contributed by atoms with Gasteiger partial charge in [-0.25, -0.2) is 4.79 Å². The van der Waals surface area contributed by atoms with E-state index in [2.05, 4.69) is 26.1 Å². The van der Waals surface area contributed by atoms with Crippen molar-refractivity contribution in [2.24, 2.45) is 0 Å². The maximum Gasteiger partial charge on any atom is 0.323 e. The van der Waals surface area contributed by atoms with E-state index in [1.54, 1.807) is 19.5 Å². The molecule has 4 N–H and O–H groups in total. The number of rotatable bonds is 6. The van der Waals surface area contributed by atoms with Gasteiger partial charge in [0, 0.05) is 18.4 Å². The maximum absolute atomic E-state index is 12.3. The van der Waals surface area contributed by atoms with Crippen LogP contribution in [-0.4, -0.2) is 23.3 Å². The molecule has 0 unspecified atom stereocenters. The van der Waals surface area contributed by atoms with E-state index in [4.69, 9.17) is 4.74 Å². The summed E-state index contributed by atoms with van der Waals surface area (Å²) >= 11 is 0. The summed E-state index contributed by atoms with van der Waals surface area (Å²) in [7, 11) is 1.57.